The van der Waals surface area contributed by atoms with E-state index < -0.39 is 6.04 Å². The molecule has 2 heterocycles. The minimum atomic E-state index is -0.765. The first-order valence-electron chi connectivity index (χ1n) is 10.1. The van der Waals surface area contributed by atoms with Gasteiger partial charge in [-0.1, -0.05) is 25.1 Å². The third-order valence-corrected chi connectivity index (χ3v) is 5.35. The molecule has 0 spiro atoms. The molecule has 2 aromatic carbocycles. The van der Waals surface area contributed by atoms with E-state index in [-0.39, 0.29) is 17.3 Å². The van der Waals surface area contributed by atoms with E-state index in [2.05, 4.69) is 10.4 Å². The number of pyridine rings is 1. The van der Waals surface area contributed by atoms with Gasteiger partial charge in [-0.3, -0.25) is 14.2 Å². The number of hydrogen-bond acceptors (Lipinski definition) is 3. The first-order valence-corrected chi connectivity index (χ1v) is 10.1. The second-order valence-electron chi connectivity index (χ2n) is 7.49. The lowest BCUT2D eigenvalue weighted by molar-refractivity contribution is -0.119. The van der Waals surface area contributed by atoms with Gasteiger partial charge in [0.1, 0.15) is 17.5 Å². The summed E-state index contributed by atoms with van der Waals surface area (Å²) in [7, 11) is 0. The summed E-state index contributed by atoms with van der Waals surface area (Å²) in [6, 6.07) is 15.8. The summed E-state index contributed by atoms with van der Waals surface area (Å²) in [5.74, 6) is -0.733. The number of fused-ring (bicyclic) bond motifs is 1. The second kappa shape index (κ2) is 8.18. The standard InChI is InChI=1S/C24H23FN4O2/c1-4-20(23(31)26-18-12-10-17(25)11-13-18)28-21(30)14-15(2)22-16(3)27-29(24(22)28)19-8-6-5-7-9-19/h5-14,20H,4H2,1-3H3,(H,26,31). The van der Waals surface area contributed by atoms with Crippen LogP contribution in [0.5, 0.6) is 0 Å². The van der Waals surface area contributed by atoms with E-state index in [1.165, 1.54) is 28.8 Å². The molecule has 2 aromatic heterocycles. The van der Waals surface area contributed by atoms with Gasteiger partial charge in [-0.2, -0.15) is 5.10 Å². The maximum atomic E-state index is 13.2. The number of hydrogen-bond donors (Lipinski definition) is 1. The Labute approximate surface area is 178 Å². The lowest BCUT2D eigenvalue weighted by Crippen LogP contribution is -2.34. The Morgan fingerprint density at radius 2 is 1.77 bits per heavy atom. The minimum Gasteiger partial charge on any atom is -0.324 e. The van der Waals surface area contributed by atoms with Crippen molar-refractivity contribution in [3.05, 3.63) is 88.1 Å². The zero-order chi connectivity index (χ0) is 22.1. The van der Waals surface area contributed by atoms with Crippen molar-refractivity contribution in [2.75, 3.05) is 5.32 Å². The monoisotopic (exact) mass is 418 g/mol. The fourth-order valence-corrected chi connectivity index (χ4v) is 3.92. The van der Waals surface area contributed by atoms with Gasteiger partial charge in [0.25, 0.3) is 5.56 Å². The van der Waals surface area contributed by atoms with Crippen molar-refractivity contribution in [3.63, 3.8) is 0 Å². The number of carbonyl (C=O) groups excluding carboxylic acids is 1. The number of carbonyl (C=O) groups is 1. The molecule has 0 radical (unpaired) electrons. The van der Waals surface area contributed by atoms with Gasteiger partial charge in [-0.25, -0.2) is 9.07 Å². The van der Waals surface area contributed by atoms with Crippen molar-refractivity contribution in [1.29, 1.82) is 0 Å². The number of aromatic nitrogens is 3. The number of rotatable bonds is 5. The Morgan fingerprint density at radius 1 is 1.10 bits per heavy atom. The summed E-state index contributed by atoms with van der Waals surface area (Å²) in [5.41, 5.74) is 3.16. The quantitative estimate of drug-likeness (QED) is 0.518. The van der Waals surface area contributed by atoms with Crippen LogP contribution in [0.15, 0.2) is 65.5 Å². The largest absolute Gasteiger partial charge is 0.324 e. The zero-order valence-electron chi connectivity index (χ0n) is 17.6. The molecule has 0 bridgehead atoms. The summed E-state index contributed by atoms with van der Waals surface area (Å²) < 4.78 is 16.4. The lowest BCUT2D eigenvalue weighted by Gasteiger charge is -2.21. The van der Waals surface area contributed by atoms with Gasteiger partial charge in [0.15, 0.2) is 0 Å². The molecule has 7 heteroatoms. The fraction of sp³-hybridized carbons (Fsp3) is 0.208. The average Bonchev–Trinajstić information content (AvgIpc) is 3.10. The Bertz CT molecular complexity index is 1310. The average molecular weight is 418 g/mol. The van der Waals surface area contributed by atoms with Crippen molar-refractivity contribution in [1.82, 2.24) is 14.3 Å². The van der Waals surface area contributed by atoms with Gasteiger partial charge in [0, 0.05) is 17.1 Å². The van der Waals surface area contributed by atoms with E-state index in [1.54, 1.807) is 10.7 Å². The van der Waals surface area contributed by atoms with Crippen LogP contribution in [-0.4, -0.2) is 20.3 Å². The van der Waals surface area contributed by atoms with Crippen LogP contribution in [0.1, 0.15) is 30.6 Å². The van der Waals surface area contributed by atoms with Gasteiger partial charge < -0.3 is 5.32 Å². The number of anilines is 1. The Kier molecular flexibility index (Phi) is 5.42. The topological polar surface area (TPSA) is 68.9 Å². The van der Waals surface area contributed by atoms with Crippen molar-refractivity contribution in [2.45, 2.75) is 33.2 Å². The van der Waals surface area contributed by atoms with E-state index in [1.807, 2.05) is 51.1 Å². The van der Waals surface area contributed by atoms with E-state index in [9.17, 15) is 14.0 Å². The summed E-state index contributed by atoms with van der Waals surface area (Å²) in [4.78, 5) is 26.3. The molecule has 1 unspecified atom stereocenters. The maximum absolute atomic E-state index is 13.2. The SMILES string of the molecule is CCC(C(=O)Nc1ccc(F)cc1)n1c(=O)cc(C)c2c(C)nn(-c3ccccc3)c21. The van der Waals surface area contributed by atoms with Gasteiger partial charge in [0.05, 0.1) is 11.4 Å². The predicted molar refractivity (Wildman–Crippen MR) is 119 cm³/mol. The predicted octanol–water partition coefficient (Wildman–Crippen LogP) is 4.53. The molecule has 0 saturated heterocycles. The molecular formula is C24H23FN4O2. The number of aryl methyl sites for hydroxylation is 2. The highest BCUT2D eigenvalue weighted by atomic mass is 19.1. The first kappa shape index (κ1) is 20.5. The summed E-state index contributed by atoms with van der Waals surface area (Å²) in [6.45, 7) is 5.61. The summed E-state index contributed by atoms with van der Waals surface area (Å²) in [5, 5.41) is 8.32. The molecule has 0 saturated carbocycles. The number of nitrogens with one attached hydrogen (secondary N) is 1. The molecular weight excluding hydrogens is 395 g/mol. The molecule has 6 nitrogen and oxygen atoms in total. The summed E-state index contributed by atoms with van der Waals surface area (Å²) >= 11 is 0. The van der Waals surface area contributed by atoms with Crippen molar-refractivity contribution < 1.29 is 9.18 Å². The molecule has 31 heavy (non-hydrogen) atoms. The lowest BCUT2D eigenvalue weighted by atomic mass is 10.1. The van der Waals surface area contributed by atoms with E-state index in [4.69, 9.17) is 0 Å². The molecule has 1 atom stereocenters. The smallest absolute Gasteiger partial charge is 0.253 e. The number of benzene rings is 2. The zero-order valence-corrected chi connectivity index (χ0v) is 17.6. The Hall–Kier alpha value is -3.74. The minimum absolute atomic E-state index is 0.275. The number of para-hydroxylation sites is 1. The van der Waals surface area contributed by atoms with Crippen LogP contribution in [0.3, 0.4) is 0 Å². The number of nitrogens with zero attached hydrogens (tertiary/aromatic N) is 3. The normalized spacial score (nSPS) is 12.1. The molecule has 0 aliphatic carbocycles. The van der Waals surface area contributed by atoms with Gasteiger partial charge >= 0.3 is 0 Å². The van der Waals surface area contributed by atoms with Gasteiger partial charge in [-0.05, 0) is 62.2 Å². The molecule has 4 aromatic rings. The van der Waals surface area contributed by atoms with E-state index in [0.717, 1.165) is 22.3 Å². The third kappa shape index (κ3) is 3.74. The van der Waals surface area contributed by atoms with Crippen LogP contribution in [0.25, 0.3) is 16.7 Å². The number of halogens is 1. The fourth-order valence-electron chi connectivity index (χ4n) is 3.92. The van der Waals surface area contributed by atoms with E-state index in [0.29, 0.717) is 17.8 Å². The summed E-state index contributed by atoms with van der Waals surface area (Å²) in [6.07, 6.45) is 0.393. The van der Waals surface area contributed by atoms with Crippen molar-refractivity contribution >= 4 is 22.6 Å². The molecule has 158 valence electrons. The van der Waals surface area contributed by atoms with Crippen LogP contribution >= 0.6 is 0 Å². The molecule has 4 rings (SSSR count). The van der Waals surface area contributed by atoms with Gasteiger partial charge in [0.2, 0.25) is 5.91 Å². The van der Waals surface area contributed by atoms with Crippen LogP contribution in [0.2, 0.25) is 0 Å². The molecule has 0 fully saturated rings. The molecule has 1 N–H and O–H groups in total. The second-order valence-corrected chi connectivity index (χ2v) is 7.49. The highest BCUT2D eigenvalue weighted by Crippen LogP contribution is 2.27. The van der Waals surface area contributed by atoms with Crippen LogP contribution in [-0.2, 0) is 4.79 Å². The first-order chi connectivity index (χ1) is 14.9. The van der Waals surface area contributed by atoms with Crippen molar-refractivity contribution in [2.24, 2.45) is 0 Å². The van der Waals surface area contributed by atoms with Gasteiger partial charge in [-0.15, -0.1) is 0 Å². The highest BCUT2D eigenvalue weighted by Gasteiger charge is 2.26. The number of amides is 1. The van der Waals surface area contributed by atoms with E-state index >= 15 is 0 Å². The molecule has 0 aliphatic heterocycles. The molecule has 0 aliphatic rings. The van der Waals surface area contributed by atoms with Crippen LogP contribution in [0.4, 0.5) is 10.1 Å². The van der Waals surface area contributed by atoms with Crippen LogP contribution in [0, 0.1) is 19.7 Å². The Balaban J connectivity index is 1.90. The molecule has 1 amide bonds. The van der Waals surface area contributed by atoms with Crippen LogP contribution < -0.4 is 10.9 Å². The Morgan fingerprint density at radius 3 is 2.42 bits per heavy atom. The third-order valence-electron chi connectivity index (χ3n) is 5.35. The maximum Gasteiger partial charge on any atom is 0.253 e. The highest BCUT2D eigenvalue weighted by molar-refractivity contribution is 5.95. The van der Waals surface area contributed by atoms with Crippen molar-refractivity contribution in [3.8, 4) is 5.69 Å².